The van der Waals surface area contributed by atoms with Crippen LogP contribution in [0.15, 0.2) is 66.6 Å². The number of rotatable bonds is 9. The van der Waals surface area contributed by atoms with Gasteiger partial charge in [0.15, 0.2) is 0 Å². The standard InChI is InChI=1S/C27H29ClF3N3O3/c28-25-6-5-21(19-24(25)27(29,30)31)32-26(35)7-4-20-2-1-3-23(18-20)37-22-8-10-33(11-9-22)12-13-34-14-16-36-17-15-34/h1-3,5-6,8-10,18-19H,4,7,11-17H2,(H,32,35). The first kappa shape index (κ1) is 27.0. The van der Waals surface area contributed by atoms with E-state index in [1.807, 2.05) is 42.6 Å². The second kappa shape index (κ2) is 12.5. The molecule has 0 aliphatic carbocycles. The molecule has 0 spiro atoms. The minimum atomic E-state index is -4.59. The van der Waals surface area contributed by atoms with E-state index in [4.69, 9.17) is 21.1 Å². The van der Waals surface area contributed by atoms with Gasteiger partial charge in [-0.15, -0.1) is 0 Å². The molecule has 2 aromatic rings. The van der Waals surface area contributed by atoms with Crippen molar-refractivity contribution in [2.45, 2.75) is 19.0 Å². The zero-order valence-corrected chi connectivity index (χ0v) is 21.0. The summed E-state index contributed by atoms with van der Waals surface area (Å²) < 4.78 is 50.5. The number of allylic oxidation sites excluding steroid dienone is 1. The van der Waals surface area contributed by atoms with Crippen molar-refractivity contribution >= 4 is 23.2 Å². The van der Waals surface area contributed by atoms with Crippen LogP contribution in [0.2, 0.25) is 5.02 Å². The number of nitrogens with zero attached hydrogens (tertiary/aromatic N) is 2. The molecule has 1 fully saturated rings. The number of ether oxygens (including phenoxy) is 2. The molecular weight excluding hydrogens is 507 g/mol. The molecule has 0 saturated carbocycles. The Morgan fingerprint density at radius 2 is 1.92 bits per heavy atom. The topological polar surface area (TPSA) is 54.0 Å². The van der Waals surface area contributed by atoms with Crippen LogP contribution in [0.4, 0.5) is 18.9 Å². The second-order valence-electron chi connectivity index (χ2n) is 8.86. The summed E-state index contributed by atoms with van der Waals surface area (Å²) in [4.78, 5) is 17.0. The third-order valence-electron chi connectivity index (χ3n) is 6.11. The Morgan fingerprint density at radius 1 is 1.11 bits per heavy atom. The molecule has 37 heavy (non-hydrogen) atoms. The van der Waals surface area contributed by atoms with E-state index in [0.717, 1.165) is 69.4 Å². The Hall–Kier alpha value is -3.01. The SMILES string of the molecule is O=C(CCc1cccc(OC2=CCN(CCN3CCOCC3)C=C2)c1)Nc1ccc(Cl)c(C(F)(F)F)c1. The Kier molecular flexibility index (Phi) is 9.13. The summed E-state index contributed by atoms with van der Waals surface area (Å²) >= 11 is 5.63. The predicted molar refractivity (Wildman–Crippen MR) is 137 cm³/mol. The van der Waals surface area contributed by atoms with Crippen molar-refractivity contribution < 1.29 is 27.4 Å². The number of halogens is 4. The number of hydrogen-bond donors (Lipinski definition) is 1. The molecule has 1 N–H and O–H groups in total. The van der Waals surface area contributed by atoms with E-state index in [-0.39, 0.29) is 12.1 Å². The van der Waals surface area contributed by atoms with Crippen molar-refractivity contribution in [1.29, 1.82) is 0 Å². The molecule has 0 bridgehead atoms. The normalized spacial score (nSPS) is 16.4. The van der Waals surface area contributed by atoms with E-state index in [1.165, 1.54) is 6.07 Å². The highest BCUT2D eigenvalue weighted by Gasteiger charge is 2.33. The smallest absolute Gasteiger partial charge is 0.417 e. The fourth-order valence-corrected chi connectivity index (χ4v) is 4.28. The van der Waals surface area contributed by atoms with Gasteiger partial charge in [-0.25, -0.2) is 0 Å². The zero-order valence-electron chi connectivity index (χ0n) is 20.3. The van der Waals surface area contributed by atoms with E-state index >= 15 is 0 Å². The van der Waals surface area contributed by atoms with Gasteiger partial charge in [-0.05, 0) is 54.5 Å². The summed E-state index contributed by atoms with van der Waals surface area (Å²) in [6.07, 6.45) is 1.92. The maximum absolute atomic E-state index is 13.0. The lowest BCUT2D eigenvalue weighted by atomic mass is 10.1. The molecule has 0 atom stereocenters. The third kappa shape index (κ3) is 8.24. The first-order chi connectivity index (χ1) is 17.8. The molecule has 0 unspecified atom stereocenters. The van der Waals surface area contributed by atoms with Gasteiger partial charge in [-0.2, -0.15) is 13.2 Å². The van der Waals surface area contributed by atoms with Crippen LogP contribution in [-0.4, -0.2) is 61.6 Å². The molecule has 6 nitrogen and oxygen atoms in total. The third-order valence-corrected chi connectivity index (χ3v) is 6.44. The van der Waals surface area contributed by atoms with Gasteiger partial charge >= 0.3 is 6.18 Å². The highest BCUT2D eigenvalue weighted by atomic mass is 35.5. The van der Waals surface area contributed by atoms with Gasteiger partial charge in [0.2, 0.25) is 5.91 Å². The van der Waals surface area contributed by atoms with Crippen LogP contribution in [0.3, 0.4) is 0 Å². The molecule has 1 saturated heterocycles. The number of amides is 1. The number of carbonyl (C=O) groups is 1. The maximum atomic E-state index is 13.0. The van der Waals surface area contributed by atoms with Crippen LogP contribution >= 0.6 is 11.6 Å². The van der Waals surface area contributed by atoms with Gasteiger partial charge in [0.1, 0.15) is 11.5 Å². The minimum Gasteiger partial charge on any atom is -0.458 e. The predicted octanol–water partition coefficient (Wildman–Crippen LogP) is 5.35. The highest BCUT2D eigenvalue weighted by molar-refractivity contribution is 6.31. The first-order valence-corrected chi connectivity index (χ1v) is 12.5. The van der Waals surface area contributed by atoms with Crippen LogP contribution in [0.5, 0.6) is 5.75 Å². The number of hydrogen-bond acceptors (Lipinski definition) is 5. The summed E-state index contributed by atoms with van der Waals surface area (Å²) in [5, 5.41) is 2.10. The molecule has 0 aromatic heterocycles. The molecule has 2 aliphatic rings. The summed E-state index contributed by atoms with van der Waals surface area (Å²) in [5.41, 5.74) is -0.0517. The quantitative estimate of drug-likeness (QED) is 0.469. The average molecular weight is 536 g/mol. The Labute approximate surface area is 219 Å². The largest absolute Gasteiger partial charge is 0.458 e. The lowest BCUT2D eigenvalue weighted by Crippen LogP contribution is -2.40. The van der Waals surface area contributed by atoms with E-state index in [0.29, 0.717) is 12.2 Å². The number of anilines is 1. The molecule has 0 radical (unpaired) electrons. The number of nitrogens with one attached hydrogen (secondary N) is 1. The van der Waals surface area contributed by atoms with Gasteiger partial charge in [0, 0.05) is 51.0 Å². The summed E-state index contributed by atoms with van der Waals surface area (Å²) in [5.74, 6) is 1.01. The monoisotopic (exact) mass is 535 g/mol. The number of aryl methyl sites for hydroxylation is 1. The van der Waals surface area contributed by atoms with Gasteiger partial charge < -0.3 is 19.7 Å². The lowest BCUT2D eigenvalue weighted by Gasteiger charge is -2.30. The fourth-order valence-electron chi connectivity index (χ4n) is 4.05. The van der Waals surface area contributed by atoms with Crippen molar-refractivity contribution in [1.82, 2.24) is 9.80 Å². The van der Waals surface area contributed by atoms with Crippen molar-refractivity contribution in [3.63, 3.8) is 0 Å². The van der Waals surface area contributed by atoms with Crippen LogP contribution in [0.1, 0.15) is 17.5 Å². The average Bonchev–Trinajstić information content (AvgIpc) is 2.88. The van der Waals surface area contributed by atoms with Crippen LogP contribution < -0.4 is 10.1 Å². The Morgan fingerprint density at radius 3 is 2.65 bits per heavy atom. The summed E-state index contributed by atoms with van der Waals surface area (Å²) in [7, 11) is 0. The zero-order chi connectivity index (χ0) is 26.3. The lowest BCUT2D eigenvalue weighted by molar-refractivity contribution is -0.137. The number of morpholine rings is 1. The highest BCUT2D eigenvalue weighted by Crippen LogP contribution is 2.36. The van der Waals surface area contributed by atoms with Crippen LogP contribution in [-0.2, 0) is 22.1 Å². The van der Waals surface area contributed by atoms with Crippen molar-refractivity contribution in [2.24, 2.45) is 0 Å². The van der Waals surface area contributed by atoms with E-state index < -0.39 is 22.7 Å². The molecule has 2 heterocycles. The second-order valence-corrected chi connectivity index (χ2v) is 9.27. The van der Waals surface area contributed by atoms with Gasteiger partial charge in [0.05, 0.1) is 23.8 Å². The Bertz CT molecular complexity index is 1150. The van der Waals surface area contributed by atoms with Crippen LogP contribution in [0.25, 0.3) is 0 Å². The Balaban J connectivity index is 1.24. The molecule has 10 heteroatoms. The molecule has 2 aliphatic heterocycles. The number of benzene rings is 2. The van der Waals surface area contributed by atoms with E-state index in [1.54, 1.807) is 0 Å². The number of alkyl halides is 3. The van der Waals surface area contributed by atoms with E-state index in [2.05, 4.69) is 15.1 Å². The number of carbonyl (C=O) groups excluding carboxylic acids is 1. The van der Waals surface area contributed by atoms with Crippen LogP contribution in [0, 0.1) is 0 Å². The molecule has 2 aromatic carbocycles. The van der Waals surface area contributed by atoms with Gasteiger partial charge in [0.25, 0.3) is 0 Å². The fraction of sp³-hybridized carbons (Fsp3) is 0.370. The van der Waals surface area contributed by atoms with Crippen molar-refractivity contribution in [3.05, 3.63) is 82.7 Å². The van der Waals surface area contributed by atoms with Crippen molar-refractivity contribution in [3.8, 4) is 5.75 Å². The summed E-state index contributed by atoms with van der Waals surface area (Å²) in [6.45, 7) is 6.22. The summed E-state index contributed by atoms with van der Waals surface area (Å²) in [6, 6.07) is 10.7. The molecule has 4 rings (SSSR count). The molecule has 1 amide bonds. The minimum absolute atomic E-state index is 0.0498. The molecule has 198 valence electrons. The van der Waals surface area contributed by atoms with Crippen molar-refractivity contribution in [2.75, 3.05) is 51.3 Å². The van der Waals surface area contributed by atoms with Gasteiger partial charge in [-0.1, -0.05) is 23.7 Å². The maximum Gasteiger partial charge on any atom is 0.417 e. The van der Waals surface area contributed by atoms with Gasteiger partial charge in [-0.3, -0.25) is 9.69 Å². The first-order valence-electron chi connectivity index (χ1n) is 12.1. The van der Waals surface area contributed by atoms with E-state index in [9.17, 15) is 18.0 Å². The molecular formula is C27H29ClF3N3O3.